The van der Waals surface area contributed by atoms with Crippen LogP contribution < -0.4 is 5.32 Å². The number of amides is 1. The predicted octanol–water partition coefficient (Wildman–Crippen LogP) is 3.30. The Kier molecular flexibility index (Phi) is 5.78. The van der Waals surface area contributed by atoms with Gasteiger partial charge in [-0.3, -0.25) is 9.59 Å². The van der Waals surface area contributed by atoms with E-state index in [1.807, 2.05) is 6.92 Å². The van der Waals surface area contributed by atoms with E-state index in [2.05, 4.69) is 5.32 Å². The quantitative estimate of drug-likeness (QED) is 0.772. The summed E-state index contributed by atoms with van der Waals surface area (Å²) in [5.41, 5.74) is 0.907. The number of Topliss-reactive ketones (excluding diaryl/α,β-unsaturated/α-hetero) is 1. The van der Waals surface area contributed by atoms with Crippen molar-refractivity contribution in [2.45, 2.75) is 30.9 Å². The molecule has 2 heterocycles. The Morgan fingerprint density at radius 1 is 1.19 bits per heavy atom. The smallest absolute Gasteiger partial charge is 0.252 e. The molecule has 27 heavy (non-hydrogen) atoms. The molecule has 1 aromatic heterocycles. The highest BCUT2D eigenvalue weighted by atomic mass is 32.2. The summed E-state index contributed by atoms with van der Waals surface area (Å²) < 4.78 is 27.4. The number of nitrogens with one attached hydrogen (secondary N) is 1. The number of piperidine rings is 1. The summed E-state index contributed by atoms with van der Waals surface area (Å²) in [6.45, 7) is 3.87. The number of ketones is 1. The van der Waals surface area contributed by atoms with E-state index in [9.17, 15) is 18.0 Å². The molecular weight excluding hydrogens is 384 g/mol. The van der Waals surface area contributed by atoms with Crippen molar-refractivity contribution in [2.24, 2.45) is 5.92 Å². The Morgan fingerprint density at radius 3 is 2.59 bits per heavy atom. The number of aryl methyl sites for hydroxylation is 1. The van der Waals surface area contributed by atoms with Gasteiger partial charge < -0.3 is 5.32 Å². The molecule has 144 valence electrons. The van der Waals surface area contributed by atoms with Crippen LogP contribution in [0.25, 0.3) is 0 Å². The molecule has 6 nitrogen and oxygen atoms in total. The normalized spacial score (nSPS) is 18.2. The highest BCUT2D eigenvalue weighted by Crippen LogP contribution is 2.29. The first kappa shape index (κ1) is 19.7. The zero-order chi connectivity index (χ0) is 19.6. The monoisotopic (exact) mass is 406 g/mol. The second kappa shape index (κ2) is 7.92. The SMILES string of the molecule is CC(=O)c1ccccc1NC(=O)[C@H]1CCCN(S(=O)(=O)c2ccc(C)s2)C1. The number of carbonyl (C=O) groups excluding carboxylic acids is 2. The molecule has 0 spiro atoms. The molecule has 2 aromatic rings. The lowest BCUT2D eigenvalue weighted by molar-refractivity contribution is -0.120. The first-order chi connectivity index (χ1) is 12.8. The zero-order valence-corrected chi connectivity index (χ0v) is 16.9. The minimum Gasteiger partial charge on any atom is -0.325 e. The highest BCUT2D eigenvalue weighted by molar-refractivity contribution is 7.91. The van der Waals surface area contributed by atoms with Crippen molar-refractivity contribution in [3.63, 3.8) is 0 Å². The summed E-state index contributed by atoms with van der Waals surface area (Å²) in [6, 6.07) is 10.2. The van der Waals surface area contributed by atoms with E-state index in [0.29, 0.717) is 34.8 Å². The van der Waals surface area contributed by atoms with Gasteiger partial charge in [0.05, 0.1) is 11.6 Å². The molecular formula is C19H22N2O4S2. The third kappa shape index (κ3) is 4.28. The summed E-state index contributed by atoms with van der Waals surface area (Å²) in [4.78, 5) is 25.4. The minimum atomic E-state index is -3.58. The van der Waals surface area contributed by atoms with E-state index in [-0.39, 0.29) is 18.2 Å². The van der Waals surface area contributed by atoms with Crippen LogP contribution in [0.15, 0.2) is 40.6 Å². The van der Waals surface area contributed by atoms with Gasteiger partial charge in [-0.15, -0.1) is 11.3 Å². The molecule has 1 aliphatic rings. The number of hydrogen-bond donors (Lipinski definition) is 1. The summed E-state index contributed by atoms with van der Waals surface area (Å²) >= 11 is 1.24. The molecule has 0 unspecified atom stereocenters. The summed E-state index contributed by atoms with van der Waals surface area (Å²) in [7, 11) is -3.58. The van der Waals surface area contributed by atoms with Crippen LogP contribution in [0.2, 0.25) is 0 Å². The van der Waals surface area contributed by atoms with Crippen molar-refractivity contribution in [3.05, 3.63) is 46.8 Å². The van der Waals surface area contributed by atoms with E-state index in [4.69, 9.17) is 0 Å². The third-order valence-electron chi connectivity index (χ3n) is 4.63. The molecule has 1 fully saturated rings. The lowest BCUT2D eigenvalue weighted by Crippen LogP contribution is -2.43. The van der Waals surface area contributed by atoms with Gasteiger partial charge in [0, 0.05) is 23.5 Å². The molecule has 0 bridgehead atoms. The molecule has 1 aromatic carbocycles. The molecule has 1 N–H and O–H groups in total. The van der Waals surface area contributed by atoms with Crippen molar-refractivity contribution in [1.29, 1.82) is 0 Å². The number of carbonyl (C=O) groups is 2. The second-order valence-corrected chi connectivity index (χ2v) is 10.1. The van der Waals surface area contributed by atoms with Gasteiger partial charge in [0.25, 0.3) is 10.0 Å². The second-order valence-electron chi connectivity index (χ2n) is 6.66. The number of benzene rings is 1. The van der Waals surface area contributed by atoms with E-state index >= 15 is 0 Å². The van der Waals surface area contributed by atoms with Crippen LogP contribution >= 0.6 is 11.3 Å². The number of hydrogen-bond acceptors (Lipinski definition) is 5. The lowest BCUT2D eigenvalue weighted by atomic mass is 9.98. The maximum absolute atomic E-state index is 12.8. The maximum atomic E-state index is 12.8. The number of sulfonamides is 1. The van der Waals surface area contributed by atoms with Crippen LogP contribution in [0.1, 0.15) is 35.0 Å². The van der Waals surface area contributed by atoms with Crippen LogP contribution in [-0.4, -0.2) is 37.5 Å². The molecule has 8 heteroatoms. The largest absolute Gasteiger partial charge is 0.325 e. The van der Waals surface area contributed by atoms with E-state index in [0.717, 1.165) is 4.88 Å². The first-order valence-electron chi connectivity index (χ1n) is 8.76. The zero-order valence-electron chi connectivity index (χ0n) is 15.3. The molecule has 0 radical (unpaired) electrons. The van der Waals surface area contributed by atoms with Gasteiger partial charge in [0.1, 0.15) is 4.21 Å². The van der Waals surface area contributed by atoms with Crippen LogP contribution in [0.4, 0.5) is 5.69 Å². The fourth-order valence-corrected chi connectivity index (χ4v) is 6.15. The van der Waals surface area contributed by atoms with Gasteiger partial charge in [-0.25, -0.2) is 8.42 Å². The summed E-state index contributed by atoms with van der Waals surface area (Å²) in [5.74, 6) is -0.840. The van der Waals surface area contributed by atoms with Crippen LogP contribution in [0, 0.1) is 12.8 Å². The topological polar surface area (TPSA) is 83.6 Å². The van der Waals surface area contributed by atoms with Gasteiger partial charge in [-0.1, -0.05) is 12.1 Å². The average molecular weight is 407 g/mol. The molecule has 1 aliphatic heterocycles. The summed E-state index contributed by atoms with van der Waals surface area (Å²) in [6.07, 6.45) is 1.24. The van der Waals surface area contributed by atoms with Gasteiger partial charge in [-0.2, -0.15) is 4.31 Å². The molecule has 1 amide bonds. The third-order valence-corrected chi connectivity index (χ3v) is 7.96. The van der Waals surface area contributed by atoms with Gasteiger partial charge >= 0.3 is 0 Å². The van der Waals surface area contributed by atoms with Gasteiger partial charge in [0.2, 0.25) is 5.91 Å². The predicted molar refractivity (Wildman–Crippen MR) is 106 cm³/mol. The van der Waals surface area contributed by atoms with Crippen molar-refractivity contribution < 1.29 is 18.0 Å². The van der Waals surface area contributed by atoms with Crippen molar-refractivity contribution in [1.82, 2.24) is 4.31 Å². The standard InChI is InChI=1S/C19H22N2O4S2/c1-13-9-10-18(26-13)27(24,25)21-11-5-6-15(12-21)19(23)20-17-8-4-3-7-16(17)14(2)22/h3-4,7-10,15H,5-6,11-12H2,1-2H3,(H,20,23)/t15-/m0/s1. The van der Waals surface area contributed by atoms with Crippen LogP contribution in [-0.2, 0) is 14.8 Å². The molecule has 1 saturated heterocycles. The Balaban J connectivity index is 1.75. The molecule has 0 aliphatic carbocycles. The van der Waals surface area contributed by atoms with E-state index < -0.39 is 15.9 Å². The van der Waals surface area contributed by atoms with Gasteiger partial charge in [0.15, 0.2) is 5.78 Å². The highest BCUT2D eigenvalue weighted by Gasteiger charge is 2.34. The van der Waals surface area contributed by atoms with Crippen LogP contribution in [0.3, 0.4) is 0 Å². The lowest BCUT2D eigenvalue weighted by Gasteiger charge is -2.30. The van der Waals surface area contributed by atoms with Crippen molar-refractivity contribution >= 4 is 38.7 Å². The fraction of sp³-hybridized carbons (Fsp3) is 0.368. The Labute approximate surface area is 163 Å². The molecule has 1 atom stereocenters. The number of para-hydroxylation sites is 1. The maximum Gasteiger partial charge on any atom is 0.252 e. The minimum absolute atomic E-state index is 0.133. The number of anilines is 1. The fourth-order valence-electron chi connectivity index (χ4n) is 3.19. The Bertz CT molecular complexity index is 966. The van der Waals surface area contributed by atoms with Crippen LogP contribution in [0.5, 0.6) is 0 Å². The molecule has 0 saturated carbocycles. The molecule has 3 rings (SSSR count). The van der Waals surface area contributed by atoms with Crippen molar-refractivity contribution in [3.8, 4) is 0 Å². The Hall–Kier alpha value is -2.03. The summed E-state index contributed by atoms with van der Waals surface area (Å²) in [5, 5.41) is 2.80. The number of rotatable bonds is 5. The number of thiophene rings is 1. The van der Waals surface area contributed by atoms with E-state index in [1.165, 1.54) is 22.6 Å². The Morgan fingerprint density at radius 2 is 1.93 bits per heavy atom. The van der Waals surface area contributed by atoms with E-state index in [1.54, 1.807) is 36.4 Å². The number of nitrogens with zero attached hydrogens (tertiary/aromatic N) is 1. The van der Waals surface area contributed by atoms with Crippen molar-refractivity contribution in [2.75, 3.05) is 18.4 Å². The van der Waals surface area contributed by atoms with Gasteiger partial charge in [-0.05, 0) is 51.0 Å². The first-order valence-corrected chi connectivity index (χ1v) is 11.0. The average Bonchev–Trinajstić information content (AvgIpc) is 3.09.